The molecule has 46 heavy (non-hydrogen) atoms. The summed E-state index contributed by atoms with van der Waals surface area (Å²) in [6, 6.07) is 11.3. The van der Waals surface area contributed by atoms with E-state index in [-0.39, 0.29) is 35.5 Å². The molecule has 1 aromatic carbocycles. The lowest BCUT2D eigenvalue weighted by Crippen LogP contribution is -2.43. The number of nitrogens with zero attached hydrogens (tertiary/aromatic N) is 7. The van der Waals surface area contributed by atoms with Crippen molar-refractivity contribution in [3.8, 4) is 0 Å². The monoisotopic (exact) mass is 623 g/mol. The van der Waals surface area contributed by atoms with Crippen LogP contribution in [0.1, 0.15) is 36.1 Å². The van der Waals surface area contributed by atoms with Crippen LogP contribution >= 0.6 is 0 Å². The minimum Gasteiger partial charge on any atom is -0.397 e. The van der Waals surface area contributed by atoms with Crippen molar-refractivity contribution >= 4 is 53.0 Å². The zero-order valence-electron chi connectivity index (χ0n) is 26.3. The molecule has 0 radical (unpaired) electrons. The number of aromatic nitrogens is 1. The number of nitrogens with two attached hydrogens (primary N) is 3. The summed E-state index contributed by atoms with van der Waals surface area (Å²) in [6.07, 6.45) is 8.64. The molecular weight excluding hydrogens is 582 g/mol. The second kappa shape index (κ2) is 13.9. The highest BCUT2D eigenvalue weighted by molar-refractivity contribution is 6.13. The summed E-state index contributed by atoms with van der Waals surface area (Å²) in [7, 11) is 3.25. The first-order valence-electron chi connectivity index (χ1n) is 15.3. The molecule has 2 aromatic rings. The Balaban J connectivity index is 1.18. The first kappa shape index (κ1) is 32.2. The highest BCUT2D eigenvalue weighted by Gasteiger charge is 2.51. The van der Waals surface area contributed by atoms with E-state index in [1.807, 2.05) is 29.2 Å². The van der Waals surface area contributed by atoms with Gasteiger partial charge in [-0.1, -0.05) is 30.3 Å². The van der Waals surface area contributed by atoms with Gasteiger partial charge in [0.25, 0.3) is 0 Å². The number of nitrogen functional groups attached to an aromatic ring is 1. The van der Waals surface area contributed by atoms with Gasteiger partial charge in [0.1, 0.15) is 29.4 Å². The zero-order valence-corrected chi connectivity index (χ0v) is 26.3. The number of hydrogen-bond donors (Lipinski definition) is 4. The van der Waals surface area contributed by atoms with E-state index < -0.39 is 5.41 Å². The van der Waals surface area contributed by atoms with E-state index in [0.717, 1.165) is 17.5 Å². The summed E-state index contributed by atoms with van der Waals surface area (Å²) < 4.78 is 0. The molecule has 0 unspecified atom stereocenters. The highest BCUT2D eigenvalue weighted by Crippen LogP contribution is 2.42. The molecule has 3 aliphatic heterocycles. The Morgan fingerprint density at radius 2 is 1.83 bits per heavy atom. The predicted octanol–water partition coefficient (Wildman–Crippen LogP) is 1.68. The lowest BCUT2D eigenvalue weighted by atomic mass is 9.85. The Bertz CT molecular complexity index is 1660. The van der Waals surface area contributed by atoms with Gasteiger partial charge in [0, 0.05) is 52.1 Å². The van der Waals surface area contributed by atoms with Gasteiger partial charge < -0.3 is 22.1 Å². The fourth-order valence-electron chi connectivity index (χ4n) is 6.19. The molecule has 1 spiro atoms. The normalized spacial score (nSPS) is 21.3. The zero-order chi connectivity index (χ0) is 32.8. The quantitative estimate of drug-likeness (QED) is 0.241. The number of nitrogens with one attached hydrogen (secondary N) is 1. The Kier molecular flexibility index (Phi) is 9.71. The number of rotatable bonds is 9. The van der Waals surface area contributed by atoms with E-state index in [9.17, 15) is 9.59 Å². The maximum atomic E-state index is 13.8. The van der Waals surface area contributed by atoms with Crippen molar-refractivity contribution in [2.45, 2.75) is 19.3 Å². The molecule has 0 saturated carbocycles. The summed E-state index contributed by atoms with van der Waals surface area (Å²) >= 11 is 0. The number of benzene rings is 1. The van der Waals surface area contributed by atoms with Crippen molar-refractivity contribution in [3.63, 3.8) is 0 Å². The molecule has 1 atom stereocenters. The maximum Gasteiger partial charge on any atom is 0.237 e. The van der Waals surface area contributed by atoms with Crippen molar-refractivity contribution < 1.29 is 9.59 Å². The van der Waals surface area contributed by atoms with Crippen molar-refractivity contribution in [2.24, 2.45) is 31.9 Å². The molecule has 2 saturated heterocycles. The van der Waals surface area contributed by atoms with Crippen molar-refractivity contribution in [3.05, 3.63) is 71.1 Å². The number of carbonyl (C=O) groups is 2. The number of anilines is 2. The van der Waals surface area contributed by atoms with Crippen molar-refractivity contribution in [1.82, 2.24) is 14.8 Å². The maximum absolute atomic E-state index is 13.8. The second-order valence-corrected chi connectivity index (χ2v) is 11.7. The summed E-state index contributed by atoms with van der Waals surface area (Å²) in [5, 5.41) is 8.45. The molecule has 7 N–H and O–H groups in total. The number of aliphatic imine (C=N–C) groups is 3. The fraction of sp³-hybridized carbons (Fsp3) is 0.364. The SMILES string of the molecule is CN=CC=C(N)C(=N)c1nc(N2CC[C@]3(CCN(CC(=O)N4CC=C(c5ccc(C(N)=NC=NC)cc5)CC4)C3)C2=O)ccc1N. The molecule has 240 valence electrons. The molecule has 5 rings (SSSR count). The molecule has 13 heteroatoms. The summed E-state index contributed by atoms with van der Waals surface area (Å²) in [4.78, 5) is 49.0. The Hall–Kier alpha value is -5.17. The Morgan fingerprint density at radius 3 is 2.52 bits per heavy atom. The van der Waals surface area contributed by atoms with Crippen molar-refractivity contribution in [1.29, 1.82) is 5.41 Å². The van der Waals surface area contributed by atoms with E-state index in [0.29, 0.717) is 62.9 Å². The van der Waals surface area contributed by atoms with Gasteiger partial charge in [-0.3, -0.25) is 34.8 Å². The second-order valence-electron chi connectivity index (χ2n) is 11.7. The third kappa shape index (κ3) is 6.74. The molecule has 0 bridgehead atoms. The molecule has 2 fully saturated rings. The highest BCUT2D eigenvalue weighted by atomic mass is 16.2. The van der Waals surface area contributed by atoms with Gasteiger partial charge in [0.2, 0.25) is 11.8 Å². The number of hydrogen-bond acceptors (Lipinski definition) is 9. The summed E-state index contributed by atoms with van der Waals surface area (Å²) in [6.45, 7) is 3.17. The molecule has 1 aromatic heterocycles. The predicted molar refractivity (Wildman–Crippen MR) is 183 cm³/mol. The number of pyridine rings is 1. The number of allylic oxidation sites excluding steroid dienone is 2. The Labute approximate surface area is 268 Å². The lowest BCUT2D eigenvalue weighted by molar-refractivity contribution is -0.132. The molecule has 3 aliphatic rings. The van der Waals surface area contributed by atoms with E-state index in [2.05, 4.69) is 30.9 Å². The van der Waals surface area contributed by atoms with Crippen LogP contribution in [0, 0.1) is 10.8 Å². The fourth-order valence-corrected chi connectivity index (χ4v) is 6.19. The van der Waals surface area contributed by atoms with Crippen LogP contribution in [0.5, 0.6) is 0 Å². The van der Waals surface area contributed by atoms with E-state index in [1.165, 1.54) is 24.2 Å². The lowest BCUT2D eigenvalue weighted by Gasteiger charge is -2.29. The van der Waals surface area contributed by atoms with Crippen LogP contribution in [0.25, 0.3) is 5.57 Å². The van der Waals surface area contributed by atoms with Crippen LogP contribution in [0.2, 0.25) is 0 Å². The van der Waals surface area contributed by atoms with Gasteiger partial charge in [-0.25, -0.2) is 9.98 Å². The molecule has 4 heterocycles. The molecular formula is C33H41N11O2. The van der Waals surface area contributed by atoms with Crippen LogP contribution < -0.4 is 22.1 Å². The van der Waals surface area contributed by atoms with Gasteiger partial charge in [0.05, 0.1) is 23.3 Å². The Morgan fingerprint density at radius 1 is 1.07 bits per heavy atom. The number of amidine groups is 1. The number of amides is 2. The van der Waals surface area contributed by atoms with Crippen LogP contribution in [0.3, 0.4) is 0 Å². The number of likely N-dealkylation sites (tertiary alicyclic amines) is 1. The van der Waals surface area contributed by atoms with Crippen molar-refractivity contribution in [2.75, 3.05) is 64.0 Å². The van der Waals surface area contributed by atoms with Gasteiger partial charge >= 0.3 is 0 Å². The van der Waals surface area contributed by atoms with E-state index >= 15 is 0 Å². The average molecular weight is 624 g/mol. The van der Waals surface area contributed by atoms with Gasteiger partial charge in [0.15, 0.2) is 0 Å². The third-order valence-corrected chi connectivity index (χ3v) is 8.85. The minimum atomic E-state index is -0.563. The van der Waals surface area contributed by atoms with Crippen LogP contribution in [0.15, 0.2) is 69.2 Å². The third-order valence-electron chi connectivity index (χ3n) is 8.85. The summed E-state index contributed by atoms with van der Waals surface area (Å²) in [5.74, 6) is 0.901. The first-order chi connectivity index (χ1) is 22.2. The summed E-state index contributed by atoms with van der Waals surface area (Å²) in [5.41, 5.74) is 21.4. The van der Waals surface area contributed by atoms with Gasteiger partial charge in [-0.2, -0.15) is 0 Å². The average Bonchev–Trinajstić information content (AvgIpc) is 3.64. The number of carbonyl (C=O) groups excluding carboxylic acids is 2. The first-order valence-corrected chi connectivity index (χ1v) is 15.3. The van der Waals surface area contributed by atoms with E-state index in [4.69, 9.17) is 22.6 Å². The molecule has 2 amide bonds. The smallest absolute Gasteiger partial charge is 0.237 e. The molecule has 0 aliphatic carbocycles. The van der Waals surface area contributed by atoms with E-state index in [1.54, 1.807) is 31.1 Å². The van der Waals surface area contributed by atoms with Crippen LogP contribution in [-0.2, 0) is 9.59 Å². The van der Waals surface area contributed by atoms with Gasteiger partial charge in [-0.15, -0.1) is 0 Å². The standard InChI is InChI=1S/C33H41N11O2/c1-38-14-9-25(34)29(36)30-26(35)7-8-27(41-30)44-18-13-33(32(44)46)12-17-42(20-33)19-28(45)43-15-10-23(11-16-43)22-3-5-24(6-4-22)31(37)40-21-39-2/h3-10,14,21,36H,11-13,15-20,34-35H2,1-2H3,(H2,37,39,40)/t33-/m0/s1. The molecule has 13 nitrogen and oxygen atoms in total. The minimum absolute atomic E-state index is 0.0121. The van der Waals surface area contributed by atoms with Crippen LogP contribution in [-0.4, -0.2) is 104 Å². The van der Waals surface area contributed by atoms with Crippen LogP contribution in [0.4, 0.5) is 11.5 Å². The van der Waals surface area contributed by atoms with Gasteiger partial charge in [-0.05, 0) is 55.2 Å². The largest absolute Gasteiger partial charge is 0.397 e. The topological polar surface area (TPSA) is 196 Å².